The lowest BCUT2D eigenvalue weighted by Gasteiger charge is -2.16. The predicted molar refractivity (Wildman–Crippen MR) is 104 cm³/mol. The summed E-state index contributed by atoms with van der Waals surface area (Å²) < 4.78 is 0.935. The molecule has 1 aromatic heterocycles. The number of hydrogen-bond donors (Lipinski definition) is 1. The Morgan fingerprint density at radius 2 is 2.27 bits per heavy atom. The molecule has 2 aromatic rings. The number of aryl methyl sites for hydroxylation is 1. The number of thioether (sulfide) groups is 1. The van der Waals surface area contributed by atoms with E-state index in [9.17, 15) is 9.59 Å². The number of carbonyl (C=O) groups excluding carboxylic acids is 2. The topological polar surface area (TPSA) is 86.1 Å². The molecule has 0 aliphatic carbocycles. The molecule has 0 saturated heterocycles. The predicted octanol–water partition coefficient (Wildman–Crippen LogP) is 3.62. The van der Waals surface area contributed by atoms with Crippen LogP contribution >= 0.6 is 23.1 Å². The number of hydrogen-bond acceptors (Lipinski definition) is 6. The van der Waals surface area contributed by atoms with Crippen LogP contribution in [-0.4, -0.2) is 29.1 Å². The van der Waals surface area contributed by atoms with Crippen molar-refractivity contribution in [1.82, 2.24) is 4.98 Å². The minimum Gasteiger partial charge on any atom is -0.312 e. The Morgan fingerprint density at radius 1 is 1.46 bits per heavy atom. The summed E-state index contributed by atoms with van der Waals surface area (Å²) >= 11 is 2.79. The van der Waals surface area contributed by atoms with Crippen LogP contribution in [-0.2, 0) is 11.2 Å². The van der Waals surface area contributed by atoms with Crippen molar-refractivity contribution in [1.29, 1.82) is 5.26 Å². The van der Waals surface area contributed by atoms with Crippen molar-refractivity contribution in [2.75, 3.05) is 22.5 Å². The van der Waals surface area contributed by atoms with E-state index in [4.69, 9.17) is 5.26 Å². The van der Waals surface area contributed by atoms with Gasteiger partial charge in [0.25, 0.3) is 5.91 Å². The van der Waals surface area contributed by atoms with Crippen LogP contribution in [0, 0.1) is 18.3 Å². The molecule has 2 heterocycles. The number of amides is 2. The minimum atomic E-state index is -0.223. The SMILES string of the molecule is CCC(=O)N1CCc2cc(C(=O)Nc3nc(C)c(SCC#N)s3)ccc21. The molecule has 1 aliphatic heterocycles. The number of nitrogens with one attached hydrogen (secondary N) is 1. The second-order valence-corrected chi connectivity index (χ2v) is 8.03. The van der Waals surface area contributed by atoms with E-state index in [1.165, 1.54) is 23.1 Å². The monoisotopic (exact) mass is 386 g/mol. The van der Waals surface area contributed by atoms with Gasteiger partial charge in [-0.15, -0.1) is 0 Å². The van der Waals surface area contributed by atoms with Gasteiger partial charge in [-0.3, -0.25) is 14.9 Å². The Balaban J connectivity index is 1.74. The van der Waals surface area contributed by atoms with Crippen LogP contribution in [0.15, 0.2) is 22.4 Å². The Hall–Kier alpha value is -2.37. The average Bonchev–Trinajstić information content (AvgIpc) is 3.21. The molecule has 0 fully saturated rings. The van der Waals surface area contributed by atoms with Gasteiger partial charge in [0.15, 0.2) is 5.13 Å². The highest BCUT2D eigenvalue weighted by Crippen LogP contribution is 2.33. The van der Waals surface area contributed by atoms with Gasteiger partial charge < -0.3 is 4.90 Å². The second-order valence-electron chi connectivity index (χ2n) is 5.79. The van der Waals surface area contributed by atoms with Crippen molar-refractivity contribution < 1.29 is 9.59 Å². The molecule has 2 amide bonds. The molecule has 0 unspecified atom stereocenters. The summed E-state index contributed by atoms with van der Waals surface area (Å²) in [6.07, 6.45) is 1.23. The third-order valence-corrected chi connectivity index (χ3v) is 6.39. The fourth-order valence-corrected chi connectivity index (χ4v) is 4.62. The number of rotatable bonds is 5. The van der Waals surface area contributed by atoms with Crippen LogP contribution < -0.4 is 10.2 Å². The minimum absolute atomic E-state index is 0.0987. The molecular weight excluding hydrogens is 368 g/mol. The normalized spacial score (nSPS) is 12.6. The van der Waals surface area contributed by atoms with E-state index in [1.807, 2.05) is 26.0 Å². The molecule has 0 radical (unpaired) electrons. The van der Waals surface area contributed by atoms with Crippen molar-refractivity contribution in [3.05, 3.63) is 35.0 Å². The summed E-state index contributed by atoms with van der Waals surface area (Å²) in [5.41, 5.74) is 3.27. The van der Waals surface area contributed by atoms with E-state index in [0.29, 0.717) is 29.4 Å². The third kappa shape index (κ3) is 3.74. The molecule has 3 rings (SSSR count). The molecule has 8 heteroatoms. The summed E-state index contributed by atoms with van der Waals surface area (Å²) in [6, 6.07) is 7.51. The highest BCUT2D eigenvalue weighted by Gasteiger charge is 2.24. The Bertz CT molecular complexity index is 901. The molecule has 134 valence electrons. The number of anilines is 2. The molecule has 1 aromatic carbocycles. The summed E-state index contributed by atoms with van der Waals surface area (Å²) in [5, 5.41) is 12.0. The quantitative estimate of drug-likeness (QED) is 0.793. The van der Waals surface area contributed by atoms with E-state index in [-0.39, 0.29) is 11.8 Å². The maximum absolute atomic E-state index is 12.5. The molecule has 0 atom stereocenters. The molecule has 1 N–H and O–H groups in total. The highest BCUT2D eigenvalue weighted by atomic mass is 32.2. The van der Waals surface area contributed by atoms with Gasteiger partial charge in [-0.1, -0.05) is 30.0 Å². The zero-order chi connectivity index (χ0) is 18.7. The number of fused-ring (bicyclic) bond motifs is 1. The summed E-state index contributed by atoms with van der Waals surface area (Å²) in [6.45, 7) is 4.38. The van der Waals surface area contributed by atoms with E-state index in [0.717, 1.165) is 27.6 Å². The van der Waals surface area contributed by atoms with Crippen molar-refractivity contribution in [3.8, 4) is 6.07 Å². The van der Waals surface area contributed by atoms with Crippen LogP contribution in [0.25, 0.3) is 0 Å². The fourth-order valence-electron chi connectivity index (χ4n) is 2.83. The zero-order valence-electron chi connectivity index (χ0n) is 14.5. The van der Waals surface area contributed by atoms with Gasteiger partial charge in [-0.05, 0) is 37.1 Å². The summed E-state index contributed by atoms with van der Waals surface area (Å²) in [7, 11) is 0. The Morgan fingerprint density at radius 3 is 3.00 bits per heavy atom. The van der Waals surface area contributed by atoms with Crippen molar-refractivity contribution in [2.24, 2.45) is 0 Å². The second kappa shape index (κ2) is 7.89. The Kier molecular flexibility index (Phi) is 5.59. The van der Waals surface area contributed by atoms with E-state index in [2.05, 4.69) is 16.4 Å². The molecule has 0 saturated carbocycles. The van der Waals surface area contributed by atoms with Crippen LogP contribution in [0.3, 0.4) is 0 Å². The number of thiazole rings is 1. The van der Waals surface area contributed by atoms with Crippen molar-refractivity contribution in [3.63, 3.8) is 0 Å². The van der Waals surface area contributed by atoms with E-state index in [1.54, 1.807) is 11.0 Å². The van der Waals surface area contributed by atoms with E-state index < -0.39 is 0 Å². The standard InChI is InChI=1S/C18H18N4O2S2/c1-3-15(23)22-8-6-12-10-13(4-5-14(12)22)16(24)21-18-20-11(2)17(26-18)25-9-7-19/h4-5,10H,3,6,8-9H2,1-2H3,(H,20,21,24). The van der Waals surface area contributed by atoms with Crippen LogP contribution in [0.5, 0.6) is 0 Å². The first kappa shape index (κ1) is 18.4. The van der Waals surface area contributed by atoms with Gasteiger partial charge in [-0.2, -0.15) is 5.26 Å². The first-order valence-corrected chi connectivity index (χ1v) is 10.1. The molecule has 26 heavy (non-hydrogen) atoms. The van der Waals surface area contributed by atoms with Gasteiger partial charge >= 0.3 is 0 Å². The van der Waals surface area contributed by atoms with Crippen LogP contribution in [0.2, 0.25) is 0 Å². The lowest BCUT2D eigenvalue weighted by molar-refractivity contribution is -0.118. The smallest absolute Gasteiger partial charge is 0.257 e. The maximum Gasteiger partial charge on any atom is 0.257 e. The lowest BCUT2D eigenvalue weighted by Crippen LogP contribution is -2.27. The molecule has 6 nitrogen and oxygen atoms in total. The zero-order valence-corrected chi connectivity index (χ0v) is 16.2. The van der Waals surface area contributed by atoms with Gasteiger partial charge in [-0.25, -0.2) is 4.98 Å². The number of nitriles is 1. The Labute approximate surface area is 160 Å². The van der Waals surface area contributed by atoms with Crippen molar-refractivity contribution >= 4 is 45.7 Å². The third-order valence-electron chi connectivity index (χ3n) is 4.08. The summed E-state index contributed by atoms with van der Waals surface area (Å²) in [4.78, 5) is 30.6. The first-order chi connectivity index (χ1) is 12.5. The largest absolute Gasteiger partial charge is 0.312 e. The molecule has 0 spiro atoms. The van der Waals surface area contributed by atoms with Crippen LogP contribution in [0.4, 0.5) is 10.8 Å². The molecule has 0 bridgehead atoms. The highest BCUT2D eigenvalue weighted by molar-refractivity contribution is 8.01. The molecular formula is C18H18N4O2S2. The number of nitrogens with zero attached hydrogens (tertiary/aromatic N) is 3. The average molecular weight is 387 g/mol. The maximum atomic E-state index is 12.5. The van der Waals surface area contributed by atoms with Gasteiger partial charge in [0.1, 0.15) is 0 Å². The number of carbonyl (C=O) groups is 2. The first-order valence-electron chi connectivity index (χ1n) is 8.25. The molecule has 1 aliphatic rings. The number of aromatic nitrogens is 1. The van der Waals surface area contributed by atoms with Gasteiger partial charge in [0, 0.05) is 24.2 Å². The van der Waals surface area contributed by atoms with Crippen molar-refractivity contribution in [2.45, 2.75) is 30.9 Å². The lowest BCUT2D eigenvalue weighted by atomic mass is 10.1. The summed E-state index contributed by atoms with van der Waals surface area (Å²) in [5.74, 6) is 0.231. The van der Waals surface area contributed by atoms with Crippen LogP contribution in [0.1, 0.15) is 35.0 Å². The number of benzene rings is 1. The van der Waals surface area contributed by atoms with Gasteiger partial charge in [0.05, 0.1) is 21.7 Å². The fraction of sp³-hybridized carbons (Fsp3) is 0.333. The van der Waals surface area contributed by atoms with E-state index >= 15 is 0 Å². The van der Waals surface area contributed by atoms with Gasteiger partial charge in [0.2, 0.25) is 5.91 Å².